The maximum Gasteiger partial charge on any atom is 0.278 e. The molecule has 1 aromatic carbocycles. The van der Waals surface area contributed by atoms with Crippen LogP contribution in [0, 0.1) is 6.92 Å². The van der Waals surface area contributed by atoms with Crippen LogP contribution in [0.2, 0.25) is 0 Å². The van der Waals surface area contributed by atoms with Gasteiger partial charge < -0.3 is 14.4 Å². The largest absolute Gasteiger partial charge is 0.493 e. The Labute approximate surface area is 166 Å². The summed E-state index contributed by atoms with van der Waals surface area (Å²) in [7, 11) is -3.89. The summed E-state index contributed by atoms with van der Waals surface area (Å²) in [6.07, 6.45) is 0.662. The van der Waals surface area contributed by atoms with Crippen molar-refractivity contribution >= 4 is 32.4 Å². The maximum atomic E-state index is 12.5. The summed E-state index contributed by atoms with van der Waals surface area (Å²) < 4.78 is 35.7. The zero-order valence-corrected chi connectivity index (χ0v) is 16.9. The summed E-state index contributed by atoms with van der Waals surface area (Å²) in [6.45, 7) is 4.92. The highest BCUT2D eigenvalue weighted by molar-refractivity contribution is 7.89. The first-order valence-corrected chi connectivity index (χ1v) is 11.1. The molecule has 2 aliphatic heterocycles. The van der Waals surface area contributed by atoms with Crippen LogP contribution in [0.3, 0.4) is 0 Å². The van der Waals surface area contributed by atoms with E-state index in [-0.39, 0.29) is 4.90 Å². The molecule has 2 N–H and O–H groups in total. The molecule has 1 aromatic heterocycles. The maximum absolute atomic E-state index is 12.5. The van der Waals surface area contributed by atoms with E-state index < -0.39 is 15.9 Å². The van der Waals surface area contributed by atoms with E-state index >= 15 is 0 Å². The average molecular weight is 425 g/mol. The number of hydrogen-bond donors (Lipinski definition) is 2. The Kier molecular flexibility index (Phi) is 5.23. The van der Waals surface area contributed by atoms with Crippen LogP contribution in [-0.4, -0.2) is 52.2 Å². The molecule has 0 radical (unpaired) electrons. The smallest absolute Gasteiger partial charge is 0.278 e. The van der Waals surface area contributed by atoms with E-state index in [0.29, 0.717) is 55.7 Å². The van der Waals surface area contributed by atoms with Crippen molar-refractivity contribution in [1.82, 2.24) is 15.2 Å². The fourth-order valence-electron chi connectivity index (χ4n) is 3.04. The number of sulfonamides is 1. The molecule has 0 aliphatic carbocycles. The van der Waals surface area contributed by atoms with Gasteiger partial charge in [0, 0.05) is 19.5 Å². The Bertz CT molecular complexity index is 999. The Morgan fingerprint density at radius 3 is 2.82 bits per heavy atom. The van der Waals surface area contributed by atoms with E-state index in [0.717, 1.165) is 10.7 Å². The molecule has 0 atom stereocenters. The Morgan fingerprint density at radius 1 is 1.25 bits per heavy atom. The van der Waals surface area contributed by atoms with Crippen molar-refractivity contribution < 1.29 is 22.7 Å². The third-order valence-electron chi connectivity index (χ3n) is 4.54. The number of ether oxygens (including phenoxy) is 2. The third kappa shape index (κ3) is 3.83. The van der Waals surface area contributed by atoms with Crippen molar-refractivity contribution in [3.05, 3.63) is 34.3 Å². The molecule has 4 rings (SSSR count). The van der Waals surface area contributed by atoms with Crippen LogP contribution in [0.4, 0.5) is 5.13 Å². The molecule has 1 fully saturated rings. The lowest BCUT2D eigenvalue weighted by Gasteiger charge is -2.25. The number of carbonyl (C=O) groups is 1. The monoisotopic (exact) mass is 424 g/mol. The number of fused-ring (bicyclic) bond motifs is 1. The lowest BCUT2D eigenvalue weighted by atomic mass is 10.2. The van der Waals surface area contributed by atoms with Crippen LogP contribution in [0.15, 0.2) is 23.1 Å². The van der Waals surface area contributed by atoms with E-state index in [4.69, 9.17) is 9.47 Å². The molecule has 1 amide bonds. The zero-order chi connectivity index (χ0) is 19.7. The molecular weight excluding hydrogens is 404 g/mol. The molecule has 2 aromatic rings. The minimum atomic E-state index is -3.89. The number of anilines is 1. The Hall–Kier alpha value is -2.21. The van der Waals surface area contributed by atoms with Gasteiger partial charge in [-0.3, -0.25) is 10.2 Å². The third-order valence-corrected chi connectivity index (χ3v) is 7.01. The second-order valence-corrected chi connectivity index (χ2v) is 9.10. The number of rotatable bonds is 5. The molecule has 0 saturated carbocycles. The highest BCUT2D eigenvalue weighted by Crippen LogP contribution is 2.28. The predicted octanol–water partition coefficient (Wildman–Crippen LogP) is 0.846. The van der Waals surface area contributed by atoms with Gasteiger partial charge in [-0.25, -0.2) is 13.4 Å². The molecule has 150 valence electrons. The summed E-state index contributed by atoms with van der Waals surface area (Å²) >= 11 is 1.23. The lowest BCUT2D eigenvalue weighted by molar-refractivity contribution is 0.0948. The van der Waals surface area contributed by atoms with Crippen molar-refractivity contribution in [2.24, 2.45) is 0 Å². The molecule has 2 aliphatic rings. The standard InChI is InChI=1S/C17H20N4O5S2/c1-11-15(27-17(18-11)21-5-8-25-9-6-21)16(22)19-20-28(23,24)13-2-3-14-12(10-13)4-7-26-14/h2-3,10,20H,4-9H2,1H3,(H,19,22). The van der Waals surface area contributed by atoms with Gasteiger partial charge in [-0.15, -0.1) is 4.83 Å². The molecule has 0 unspecified atom stereocenters. The van der Waals surface area contributed by atoms with Crippen molar-refractivity contribution in [3.8, 4) is 5.75 Å². The van der Waals surface area contributed by atoms with Gasteiger partial charge in [0.25, 0.3) is 15.9 Å². The second-order valence-electron chi connectivity index (χ2n) is 6.44. The average Bonchev–Trinajstić information content (AvgIpc) is 3.32. The Morgan fingerprint density at radius 2 is 2.04 bits per heavy atom. The number of benzene rings is 1. The van der Waals surface area contributed by atoms with E-state index in [9.17, 15) is 13.2 Å². The van der Waals surface area contributed by atoms with Crippen molar-refractivity contribution in [1.29, 1.82) is 0 Å². The van der Waals surface area contributed by atoms with Gasteiger partial charge in [-0.2, -0.15) is 0 Å². The Balaban J connectivity index is 1.44. The van der Waals surface area contributed by atoms with Crippen molar-refractivity contribution in [2.45, 2.75) is 18.2 Å². The summed E-state index contributed by atoms with van der Waals surface area (Å²) in [5.74, 6) is 0.154. The van der Waals surface area contributed by atoms with Crippen LogP contribution in [0.1, 0.15) is 20.9 Å². The predicted molar refractivity (Wildman–Crippen MR) is 103 cm³/mol. The first kappa shape index (κ1) is 19.1. The number of carbonyl (C=O) groups excluding carboxylic acids is 1. The summed E-state index contributed by atoms with van der Waals surface area (Å²) in [6, 6.07) is 4.64. The van der Waals surface area contributed by atoms with Gasteiger partial charge in [0.1, 0.15) is 10.6 Å². The van der Waals surface area contributed by atoms with Crippen LogP contribution in [0.25, 0.3) is 0 Å². The van der Waals surface area contributed by atoms with Gasteiger partial charge in [-0.05, 0) is 30.7 Å². The van der Waals surface area contributed by atoms with E-state index in [1.807, 2.05) is 0 Å². The lowest BCUT2D eigenvalue weighted by Crippen LogP contribution is -2.41. The number of morpholine rings is 1. The fourth-order valence-corrected chi connectivity index (χ4v) is 4.95. The zero-order valence-electron chi connectivity index (χ0n) is 15.2. The van der Waals surface area contributed by atoms with E-state index in [1.54, 1.807) is 19.1 Å². The quantitative estimate of drug-likeness (QED) is 0.685. The van der Waals surface area contributed by atoms with Crippen LogP contribution < -0.4 is 19.9 Å². The van der Waals surface area contributed by atoms with E-state index in [1.165, 1.54) is 17.4 Å². The minimum Gasteiger partial charge on any atom is -0.493 e. The van der Waals surface area contributed by atoms with E-state index in [2.05, 4.69) is 20.1 Å². The number of hydrogen-bond acceptors (Lipinski definition) is 8. The molecule has 0 bridgehead atoms. The molecule has 9 nitrogen and oxygen atoms in total. The summed E-state index contributed by atoms with van der Waals surface area (Å²) in [5, 5.41) is 0.729. The topological polar surface area (TPSA) is 110 Å². The number of nitrogens with one attached hydrogen (secondary N) is 2. The number of aromatic nitrogens is 1. The van der Waals surface area contributed by atoms with Crippen LogP contribution >= 0.6 is 11.3 Å². The first-order chi connectivity index (χ1) is 13.4. The highest BCUT2D eigenvalue weighted by atomic mass is 32.2. The molecule has 11 heteroatoms. The molecule has 3 heterocycles. The van der Waals surface area contributed by atoms with Crippen molar-refractivity contribution in [2.75, 3.05) is 37.8 Å². The number of aryl methyl sites for hydroxylation is 1. The van der Waals surface area contributed by atoms with Gasteiger partial charge in [0.15, 0.2) is 5.13 Å². The molecule has 0 spiro atoms. The number of hydrazine groups is 1. The number of nitrogens with zero attached hydrogens (tertiary/aromatic N) is 2. The SMILES string of the molecule is Cc1nc(N2CCOCC2)sc1C(=O)NNS(=O)(=O)c1ccc2c(c1)CCO2. The van der Waals surface area contributed by atoms with Gasteiger partial charge >= 0.3 is 0 Å². The van der Waals surface area contributed by atoms with Gasteiger partial charge in [0.2, 0.25) is 0 Å². The normalized spacial score (nSPS) is 16.5. The number of amides is 1. The highest BCUT2D eigenvalue weighted by Gasteiger charge is 2.23. The summed E-state index contributed by atoms with van der Waals surface area (Å²) in [4.78, 5) is 21.6. The minimum absolute atomic E-state index is 0.0760. The molecule has 28 heavy (non-hydrogen) atoms. The summed E-state index contributed by atoms with van der Waals surface area (Å²) in [5.41, 5.74) is 3.67. The van der Waals surface area contributed by atoms with Gasteiger partial charge in [0.05, 0.1) is 30.4 Å². The van der Waals surface area contributed by atoms with Crippen LogP contribution in [-0.2, 0) is 21.2 Å². The first-order valence-electron chi connectivity index (χ1n) is 8.82. The molecular formula is C17H20N4O5S2. The number of thiazole rings is 1. The van der Waals surface area contributed by atoms with Crippen LogP contribution in [0.5, 0.6) is 5.75 Å². The molecule has 1 saturated heterocycles. The van der Waals surface area contributed by atoms with Crippen molar-refractivity contribution in [3.63, 3.8) is 0 Å². The fraction of sp³-hybridized carbons (Fsp3) is 0.412. The second kappa shape index (κ2) is 7.66. The van der Waals surface area contributed by atoms with Gasteiger partial charge in [-0.1, -0.05) is 11.3 Å².